The largest absolute Gasteiger partial charge is 0.487 e. The molecule has 2 rings (SSSR count). The second-order valence-corrected chi connectivity index (χ2v) is 5.88. The van der Waals surface area contributed by atoms with E-state index in [-0.39, 0.29) is 12.3 Å². The van der Waals surface area contributed by atoms with Crippen molar-refractivity contribution in [1.82, 2.24) is 15.0 Å². The topological polar surface area (TPSA) is 77.2 Å². The van der Waals surface area contributed by atoms with E-state index >= 15 is 0 Å². The Hall–Kier alpha value is -2.37. The molecule has 6 nitrogen and oxygen atoms in total. The van der Waals surface area contributed by atoms with E-state index in [4.69, 9.17) is 4.74 Å². The summed E-state index contributed by atoms with van der Waals surface area (Å²) in [5, 5.41) is 17.0. The lowest BCUT2D eigenvalue weighted by molar-refractivity contribution is 0.0687. The summed E-state index contributed by atoms with van der Waals surface area (Å²) in [6.45, 7) is 7.08. The van der Waals surface area contributed by atoms with Crippen molar-refractivity contribution in [3.63, 3.8) is 0 Å². The Morgan fingerprint density at radius 2 is 2.00 bits per heavy atom. The van der Waals surface area contributed by atoms with Crippen molar-refractivity contribution in [2.75, 3.05) is 0 Å². The molecule has 1 aromatic carbocycles. The van der Waals surface area contributed by atoms with E-state index in [1.54, 1.807) is 4.68 Å². The van der Waals surface area contributed by atoms with Gasteiger partial charge in [-0.25, -0.2) is 9.48 Å². The molecule has 0 atom stereocenters. The molecule has 1 heterocycles. The summed E-state index contributed by atoms with van der Waals surface area (Å²) in [5.74, 6) is 0.124. The fraction of sp³-hybridized carbons (Fsp3) is 0.471. The van der Waals surface area contributed by atoms with Crippen LogP contribution >= 0.6 is 0 Å². The lowest BCUT2D eigenvalue weighted by atomic mass is 10.1. The molecule has 0 saturated heterocycles. The van der Waals surface area contributed by atoms with E-state index in [1.807, 2.05) is 24.3 Å². The van der Waals surface area contributed by atoms with Gasteiger partial charge in [0.15, 0.2) is 5.69 Å². The molecule has 0 spiro atoms. The number of hydrogen-bond donors (Lipinski definition) is 1. The predicted octanol–water partition coefficient (Wildman–Crippen LogP) is 3.16. The Bertz CT molecular complexity index is 648. The maximum atomic E-state index is 11.3. The minimum atomic E-state index is -1.08. The van der Waals surface area contributed by atoms with E-state index in [0.29, 0.717) is 23.9 Å². The molecule has 6 heteroatoms. The Morgan fingerprint density at radius 1 is 1.30 bits per heavy atom. The van der Waals surface area contributed by atoms with Crippen LogP contribution in [-0.4, -0.2) is 26.1 Å². The first-order chi connectivity index (χ1) is 11.0. The van der Waals surface area contributed by atoms with Crippen LogP contribution in [-0.2, 0) is 19.6 Å². The summed E-state index contributed by atoms with van der Waals surface area (Å²) in [4.78, 5) is 11.3. The quantitative estimate of drug-likeness (QED) is 0.809. The molecule has 0 unspecified atom stereocenters. The molecule has 0 aliphatic heterocycles. The average Bonchev–Trinajstić information content (AvgIpc) is 2.94. The van der Waals surface area contributed by atoms with Crippen molar-refractivity contribution in [3.05, 3.63) is 41.2 Å². The van der Waals surface area contributed by atoms with Gasteiger partial charge in [0.05, 0.1) is 0 Å². The molecule has 0 amide bonds. The first kappa shape index (κ1) is 17.0. The molecule has 0 bridgehead atoms. The van der Waals surface area contributed by atoms with Crippen LogP contribution in [0.1, 0.15) is 48.9 Å². The van der Waals surface area contributed by atoms with Crippen LogP contribution in [0.25, 0.3) is 0 Å². The van der Waals surface area contributed by atoms with Crippen molar-refractivity contribution < 1.29 is 14.6 Å². The lowest BCUT2D eigenvalue weighted by Crippen LogP contribution is -2.12. The number of ether oxygens (including phenoxy) is 1. The highest BCUT2D eigenvalue weighted by Crippen LogP contribution is 2.16. The number of benzene rings is 1. The smallest absolute Gasteiger partial charge is 0.358 e. The van der Waals surface area contributed by atoms with Crippen molar-refractivity contribution in [2.24, 2.45) is 5.92 Å². The van der Waals surface area contributed by atoms with Gasteiger partial charge in [0.25, 0.3) is 0 Å². The number of hydrogen-bond acceptors (Lipinski definition) is 4. The molecule has 0 aliphatic rings. The average molecular weight is 317 g/mol. The molecule has 0 aliphatic carbocycles. The molecule has 0 saturated carbocycles. The Labute approximate surface area is 136 Å². The number of carbonyl (C=O) groups is 1. The molecule has 124 valence electrons. The molecular weight excluding hydrogens is 294 g/mol. The number of aryl methyl sites for hydroxylation is 2. The number of carboxylic acids is 1. The predicted molar refractivity (Wildman–Crippen MR) is 86.6 cm³/mol. The van der Waals surface area contributed by atoms with Crippen LogP contribution in [0.2, 0.25) is 0 Å². The minimum Gasteiger partial charge on any atom is -0.487 e. The Kier molecular flexibility index (Phi) is 5.73. The van der Waals surface area contributed by atoms with Crippen LogP contribution in [0.3, 0.4) is 0 Å². The normalized spacial score (nSPS) is 11.0. The van der Waals surface area contributed by atoms with Gasteiger partial charge in [0, 0.05) is 6.54 Å². The maximum Gasteiger partial charge on any atom is 0.358 e. The number of rotatable bonds is 8. The summed E-state index contributed by atoms with van der Waals surface area (Å²) in [6.07, 6.45) is 1.87. The lowest BCUT2D eigenvalue weighted by Gasteiger charge is -2.10. The molecule has 1 N–H and O–H groups in total. The molecule has 1 aromatic heterocycles. The second kappa shape index (κ2) is 7.76. The van der Waals surface area contributed by atoms with Gasteiger partial charge in [0.1, 0.15) is 18.1 Å². The van der Waals surface area contributed by atoms with Crippen molar-refractivity contribution in [1.29, 1.82) is 0 Å². The van der Waals surface area contributed by atoms with Gasteiger partial charge < -0.3 is 9.84 Å². The third-order valence-corrected chi connectivity index (χ3v) is 3.67. The SMILES string of the molecule is CCc1ccc(OCc2c(C(=O)O)nnn2CCC(C)C)cc1. The number of aromatic carboxylic acids is 1. The molecule has 2 aromatic rings. The third-order valence-electron chi connectivity index (χ3n) is 3.67. The van der Waals surface area contributed by atoms with Crippen LogP contribution < -0.4 is 4.74 Å². The highest BCUT2D eigenvalue weighted by Gasteiger charge is 2.19. The Morgan fingerprint density at radius 3 is 2.57 bits per heavy atom. The number of carboxylic acid groups (broad SMARTS) is 1. The minimum absolute atomic E-state index is 0.0427. The van der Waals surface area contributed by atoms with Crippen LogP contribution in [0, 0.1) is 5.92 Å². The zero-order valence-electron chi connectivity index (χ0n) is 13.8. The Balaban J connectivity index is 2.12. The fourth-order valence-corrected chi connectivity index (χ4v) is 2.17. The highest BCUT2D eigenvalue weighted by molar-refractivity contribution is 5.86. The first-order valence-electron chi connectivity index (χ1n) is 7.88. The van der Waals surface area contributed by atoms with E-state index in [9.17, 15) is 9.90 Å². The van der Waals surface area contributed by atoms with Gasteiger partial charge in [-0.3, -0.25) is 0 Å². The fourth-order valence-electron chi connectivity index (χ4n) is 2.17. The van der Waals surface area contributed by atoms with E-state index in [1.165, 1.54) is 5.56 Å². The van der Waals surface area contributed by atoms with Gasteiger partial charge in [-0.2, -0.15) is 0 Å². The molecular formula is C17H23N3O3. The zero-order valence-corrected chi connectivity index (χ0v) is 13.8. The third kappa shape index (κ3) is 4.55. The standard InChI is InChI=1S/C17H23N3O3/c1-4-13-5-7-14(8-6-13)23-11-15-16(17(21)22)18-19-20(15)10-9-12(2)3/h5-8,12H,4,9-11H2,1-3H3,(H,21,22). The van der Waals surface area contributed by atoms with Gasteiger partial charge >= 0.3 is 5.97 Å². The molecule has 23 heavy (non-hydrogen) atoms. The number of aromatic nitrogens is 3. The van der Waals surface area contributed by atoms with E-state index < -0.39 is 5.97 Å². The second-order valence-electron chi connectivity index (χ2n) is 5.88. The maximum absolute atomic E-state index is 11.3. The molecule has 0 fully saturated rings. The monoisotopic (exact) mass is 317 g/mol. The van der Waals surface area contributed by atoms with Crippen LogP contribution in [0.15, 0.2) is 24.3 Å². The summed E-state index contributed by atoms with van der Waals surface area (Å²) in [6, 6.07) is 7.78. The van der Waals surface area contributed by atoms with Crippen LogP contribution in [0.4, 0.5) is 0 Å². The zero-order chi connectivity index (χ0) is 16.8. The van der Waals surface area contributed by atoms with E-state index in [0.717, 1.165) is 12.8 Å². The van der Waals surface area contributed by atoms with Crippen molar-refractivity contribution >= 4 is 5.97 Å². The summed E-state index contributed by atoms with van der Waals surface area (Å²) >= 11 is 0. The van der Waals surface area contributed by atoms with E-state index in [2.05, 4.69) is 31.1 Å². The van der Waals surface area contributed by atoms with Gasteiger partial charge in [0.2, 0.25) is 0 Å². The highest BCUT2D eigenvalue weighted by atomic mass is 16.5. The summed E-state index contributed by atoms with van der Waals surface area (Å²) < 4.78 is 7.35. The van der Waals surface area contributed by atoms with Gasteiger partial charge in [-0.05, 0) is 36.5 Å². The summed E-state index contributed by atoms with van der Waals surface area (Å²) in [7, 11) is 0. The van der Waals surface area contributed by atoms with Crippen LogP contribution in [0.5, 0.6) is 5.75 Å². The van der Waals surface area contributed by atoms with Gasteiger partial charge in [-0.1, -0.05) is 38.1 Å². The van der Waals surface area contributed by atoms with Crippen molar-refractivity contribution in [3.8, 4) is 5.75 Å². The first-order valence-corrected chi connectivity index (χ1v) is 7.88. The van der Waals surface area contributed by atoms with Gasteiger partial charge in [-0.15, -0.1) is 5.10 Å². The molecule has 0 radical (unpaired) electrons. The number of nitrogens with zero attached hydrogens (tertiary/aromatic N) is 3. The summed E-state index contributed by atoms with van der Waals surface area (Å²) in [5.41, 5.74) is 1.68. The van der Waals surface area contributed by atoms with Crippen molar-refractivity contribution in [2.45, 2.75) is 46.8 Å².